The molecule has 0 spiro atoms. The Morgan fingerprint density at radius 2 is 1.90 bits per heavy atom. The molecular formula is C13H12N4O4. The van der Waals surface area contributed by atoms with Crippen molar-refractivity contribution in [3.63, 3.8) is 0 Å². The largest absolute Gasteiger partial charge is 0.423 e. The Morgan fingerprint density at radius 1 is 1.24 bits per heavy atom. The van der Waals surface area contributed by atoms with Crippen LogP contribution in [0.1, 0.15) is 10.4 Å². The Hall–Kier alpha value is -3.03. The zero-order valence-electron chi connectivity index (χ0n) is 11.4. The van der Waals surface area contributed by atoms with Gasteiger partial charge in [-0.25, -0.2) is 9.97 Å². The lowest BCUT2D eigenvalue weighted by molar-refractivity contribution is -0.385. The summed E-state index contributed by atoms with van der Waals surface area (Å²) in [6.07, 6.45) is 2.93. The number of carbonyl (C=O) groups is 1. The lowest BCUT2D eigenvalue weighted by Crippen LogP contribution is -2.23. The highest BCUT2D eigenvalue weighted by atomic mass is 16.6. The van der Waals surface area contributed by atoms with Gasteiger partial charge in [0, 0.05) is 32.6 Å². The molecule has 108 valence electrons. The predicted molar refractivity (Wildman–Crippen MR) is 73.2 cm³/mol. The van der Waals surface area contributed by atoms with Gasteiger partial charge in [0.2, 0.25) is 0 Å². The molecule has 0 saturated heterocycles. The SMILES string of the molecule is CN(C)C(=O)c1c(Oc2ncccn2)cccc1[N+](=O)[O-]. The summed E-state index contributed by atoms with van der Waals surface area (Å²) in [6, 6.07) is 5.75. The number of ether oxygens (including phenoxy) is 1. The number of hydrogen-bond acceptors (Lipinski definition) is 6. The molecule has 2 rings (SSSR count). The molecule has 1 aromatic heterocycles. The summed E-state index contributed by atoms with van der Waals surface area (Å²) in [5, 5.41) is 11.1. The molecule has 0 fully saturated rings. The molecule has 0 aliphatic carbocycles. The minimum absolute atomic E-state index is 0.00537. The van der Waals surface area contributed by atoms with Crippen LogP contribution in [0.5, 0.6) is 11.8 Å². The normalized spacial score (nSPS) is 10.0. The van der Waals surface area contributed by atoms with E-state index in [1.54, 1.807) is 6.07 Å². The summed E-state index contributed by atoms with van der Waals surface area (Å²) in [4.78, 5) is 31.6. The van der Waals surface area contributed by atoms with Crippen molar-refractivity contribution in [1.82, 2.24) is 14.9 Å². The third kappa shape index (κ3) is 3.11. The van der Waals surface area contributed by atoms with Crippen LogP contribution in [0.25, 0.3) is 0 Å². The Balaban J connectivity index is 2.52. The van der Waals surface area contributed by atoms with Crippen LogP contribution in [0.4, 0.5) is 5.69 Å². The van der Waals surface area contributed by atoms with Crippen molar-refractivity contribution in [1.29, 1.82) is 0 Å². The van der Waals surface area contributed by atoms with E-state index >= 15 is 0 Å². The molecule has 8 heteroatoms. The minimum Gasteiger partial charge on any atom is -0.423 e. The highest BCUT2D eigenvalue weighted by molar-refractivity contribution is 6.00. The smallest absolute Gasteiger partial charge is 0.321 e. The predicted octanol–water partition coefficient (Wildman–Crippen LogP) is 1.88. The molecule has 0 bridgehead atoms. The monoisotopic (exact) mass is 288 g/mol. The van der Waals surface area contributed by atoms with Crippen LogP contribution < -0.4 is 4.74 Å². The average molecular weight is 288 g/mol. The summed E-state index contributed by atoms with van der Waals surface area (Å²) in [7, 11) is 3.00. The van der Waals surface area contributed by atoms with Crippen LogP contribution in [0.3, 0.4) is 0 Å². The van der Waals surface area contributed by atoms with Gasteiger partial charge in [0.05, 0.1) is 4.92 Å². The lowest BCUT2D eigenvalue weighted by Gasteiger charge is -2.13. The molecule has 0 unspecified atom stereocenters. The van der Waals surface area contributed by atoms with E-state index in [4.69, 9.17) is 4.74 Å². The van der Waals surface area contributed by atoms with Gasteiger partial charge >= 0.3 is 6.01 Å². The third-order valence-electron chi connectivity index (χ3n) is 2.56. The molecule has 0 aliphatic rings. The molecule has 2 aromatic rings. The van der Waals surface area contributed by atoms with E-state index in [1.165, 1.54) is 49.6 Å². The second-order valence-corrected chi connectivity index (χ2v) is 4.24. The molecule has 1 amide bonds. The van der Waals surface area contributed by atoms with Crippen molar-refractivity contribution in [2.45, 2.75) is 0 Å². The summed E-state index contributed by atoms with van der Waals surface area (Å²) < 4.78 is 5.40. The number of hydrogen-bond donors (Lipinski definition) is 0. The van der Waals surface area contributed by atoms with Crippen LogP contribution in [-0.2, 0) is 0 Å². The standard InChI is InChI=1S/C13H12N4O4/c1-16(2)12(18)11-9(17(19)20)5-3-6-10(11)21-13-14-7-4-8-15-13/h3-8H,1-2H3. The van der Waals surface area contributed by atoms with Gasteiger partial charge in [-0.05, 0) is 12.1 Å². The van der Waals surface area contributed by atoms with Gasteiger partial charge in [-0.2, -0.15) is 0 Å². The number of aromatic nitrogens is 2. The van der Waals surface area contributed by atoms with Gasteiger partial charge in [0.15, 0.2) is 11.3 Å². The summed E-state index contributed by atoms with van der Waals surface area (Å²) >= 11 is 0. The first-order valence-corrected chi connectivity index (χ1v) is 5.94. The first-order valence-electron chi connectivity index (χ1n) is 5.94. The zero-order valence-corrected chi connectivity index (χ0v) is 11.4. The maximum absolute atomic E-state index is 12.2. The minimum atomic E-state index is -0.630. The summed E-state index contributed by atoms with van der Waals surface area (Å²) in [5.74, 6) is -0.498. The second-order valence-electron chi connectivity index (χ2n) is 4.24. The Labute approximate surface area is 120 Å². The summed E-state index contributed by atoms with van der Waals surface area (Å²) in [5.41, 5.74) is -0.470. The first-order chi connectivity index (χ1) is 10.0. The number of nitro groups is 1. The quantitative estimate of drug-likeness (QED) is 0.629. The van der Waals surface area contributed by atoms with Crippen molar-refractivity contribution in [3.05, 3.63) is 52.3 Å². The van der Waals surface area contributed by atoms with Gasteiger partial charge in [0.25, 0.3) is 11.6 Å². The number of nitrogens with zero attached hydrogens (tertiary/aromatic N) is 4. The molecule has 0 saturated carbocycles. The molecule has 21 heavy (non-hydrogen) atoms. The first kappa shape index (κ1) is 14.4. The molecule has 0 N–H and O–H groups in total. The molecular weight excluding hydrogens is 276 g/mol. The van der Waals surface area contributed by atoms with Crippen molar-refractivity contribution < 1.29 is 14.5 Å². The highest BCUT2D eigenvalue weighted by Gasteiger charge is 2.27. The van der Waals surface area contributed by atoms with Gasteiger partial charge in [0.1, 0.15) is 0 Å². The third-order valence-corrected chi connectivity index (χ3v) is 2.56. The van der Waals surface area contributed by atoms with Crippen molar-refractivity contribution in [3.8, 4) is 11.8 Å². The van der Waals surface area contributed by atoms with Crippen LogP contribution >= 0.6 is 0 Å². The van der Waals surface area contributed by atoms with E-state index in [9.17, 15) is 14.9 Å². The van der Waals surface area contributed by atoms with Gasteiger partial charge in [-0.3, -0.25) is 14.9 Å². The Morgan fingerprint density at radius 3 is 2.48 bits per heavy atom. The van der Waals surface area contributed by atoms with Crippen LogP contribution in [-0.4, -0.2) is 39.8 Å². The van der Waals surface area contributed by atoms with Crippen molar-refractivity contribution in [2.24, 2.45) is 0 Å². The van der Waals surface area contributed by atoms with Gasteiger partial charge in [-0.1, -0.05) is 6.07 Å². The molecule has 1 aromatic carbocycles. The highest BCUT2D eigenvalue weighted by Crippen LogP contribution is 2.31. The van der Waals surface area contributed by atoms with Crippen molar-refractivity contribution in [2.75, 3.05) is 14.1 Å². The molecule has 0 radical (unpaired) electrons. The summed E-state index contributed by atoms with van der Waals surface area (Å²) in [6.45, 7) is 0. The number of carbonyl (C=O) groups excluding carboxylic acids is 1. The van der Waals surface area contributed by atoms with E-state index in [0.717, 1.165) is 0 Å². The van der Waals surface area contributed by atoms with Crippen LogP contribution in [0.15, 0.2) is 36.7 Å². The number of nitro benzene ring substituents is 1. The fraction of sp³-hybridized carbons (Fsp3) is 0.154. The van der Waals surface area contributed by atoms with Gasteiger partial charge in [-0.15, -0.1) is 0 Å². The number of benzene rings is 1. The van der Waals surface area contributed by atoms with E-state index in [1.807, 2.05) is 0 Å². The molecule has 8 nitrogen and oxygen atoms in total. The maximum atomic E-state index is 12.2. The fourth-order valence-electron chi connectivity index (χ4n) is 1.63. The van der Waals surface area contributed by atoms with E-state index in [2.05, 4.69) is 9.97 Å². The lowest BCUT2D eigenvalue weighted by atomic mass is 10.1. The van der Waals surface area contributed by atoms with Gasteiger partial charge < -0.3 is 9.64 Å². The number of amides is 1. The van der Waals surface area contributed by atoms with Crippen molar-refractivity contribution >= 4 is 11.6 Å². The molecule has 0 aliphatic heterocycles. The van der Waals surface area contributed by atoms with E-state index in [0.29, 0.717) is 0 Å². The molecule has 0 atom stereocenters. The van der Waals surface area contributed by atoms with Crippen LogP contribution in [0.2, 0.25) is 0 Å². The Kier molecular flexibility index (Phi) is 4.07. The Bertz CT molecular complexity index is 673. The average Bonchev–Trinajstić information content (AvgIpc) is 2.47. The topological polar surface area (TPSA) is 98.5 Å². The van der Waals surface area contributed by atoms with E-state index in [-0.39, 0.29) is 23.0 Å². The maximum Gasteiger partial charge on any atom is 0.321 e. The number of rotatable bonds is 4. The van der Waals surface area contributed by atoms with E-state index < -0.39 is 10.8 Å². The molecule has 1 heterocycles. The zero-order chi connectivity index (χ0) is 15.4. The van der Waals surface area contributed by atoms with Crippen LogP contribution in [0, 0.1) is 10.1 Å². The fourth-order valence-corrected chi connectivity index (χ4v) is 1.63. The second kappa shape index (κ2) is 5.95.